The van der Waals surface area contributed by atoms with Gasteiger partial charge < -0.3 is 0 Å². The third-order valence-corrected chi connectivity index (χ3v) is 2.29. The number of ketones is 1. The summed E-state index contributed by atoms with van der Waals surface area (Å²) >= 11 is 3.11. The van der Waals surface area contributed by atoms with Crippen LogP contribution >= 0.6 is 32.9 Å². The molecule has 13 heavy (non-hydrogen) atoms. The largest absolute Gasteiger partial charge is 0.291 e. The molecule has 0 fully saturated rings. The molecule has 0 radical (unpaired) electrons. The highest BCUT2D eigenvalue weighted by Gasteiger charge is 2.05. The third kappa shape index (κ3) is 3.19. The summed E-state index contributed by atoms with van der Waals surface area (Å²) < 4.78 is 0. The van der Waals surface area contributed by atoms with Gasteiger partial charge in [0.25, 0.3) is 0 Å². The average Bonchev–Trinajstić information content (AvgIpc) is 2.08. The zero-order chi connectivity index (χ0) is 9.14. The maximum atomic E-state index is 11.2. The van der Waals surface area contributed by atoms with Crippen LogP contribution in [0.4, 0.5) is 0 Å². The number of carbonyl (C=O) groups is 1. The Bertz CT molecular complexity index is 312. The molecule has 0 N–H and O–H groups in total. The fraction of sp³-hybridized carbons (Fsp3) is 0.333. The van der Waals surface area contributed by atoms with Crippen molar-refractivity contribution in [2.75, 3.05) is 5.33 Å². The number of halogens is 2. The van der Waals surface area contributed by atoms with E-state index in [1.165, 1.54) is 0 Å². The van der Waals surface area contributed by atoms with Crippen LogP contribution in [-0.2, 0) is 0 Å². The maximum absolute atomic E-state index is 11.2. The van der Waals surface area contributed by atoms with Crippen LogP contribution in [0.5, 0.6) is 0 Å². The summed E-state index contributed by atoms with van der Waals surface area (Å²) in [5.41, 5.74) is 2.75. The molecule has 0 spiro atoms. The minimum Gasteiger partial charge on any atom is -0.291 e. The van der Waals surface area contributed by atoms with Crippen molar-refractivity contribution in [1.82, 2.24) is 4.98 Å². The number of pyridine rings is 1. The van der Waals surface area contributed by atoms with Crippen molar-refractivity contribution in [3.63, 3.8) is 0 Å². The normalized spacial score (nSPS) is 9.15. The second-order valence-electron chi connectivity index (χ2n) is 2.71. The number of hydrogen-bond acceptors (Lipinski definition) is 2. The first-order valence-corrected chi connectivity index (χ1v) is 4.79. The summed E-state index contributed by atoms with van der Waals surface area (Å²) in [5, 5.41) is 0.336. The second kappa shape index (κ2) is 5.50. The van der Waals surface area contributed by atoms with Gasteiger partial charge in [-0.2, -0.15) is 0 Å². The van der Waals surface area contributed by atoms with Gasteiger partial charge in [0.1, 0.15) is 5.69 Å². The maximum Gasteiger partial charge on any atom is 0.191 e. The van der Waals surface area contributed by atoms with Crippen LogP contribution in [0.25, 0.3) is 0 Å². The van der Waals surface area contributed by atoms with Crippen LogP contribution in [-0.4, -0.2) is 16.1 Å². The predicted octanol–water partition coefficient (Wildman–Crippen LogP) is 2.85. The van der Waals surface area contributed by atoms with Crippen LogP contribution in [0, 0.1) is 13.8 Å². The molecule has 0 amide bonds. The Morgan fingerprint density at radius 1 is 1.46 bits per heavy atom. The van der Waals surface area contributed by atoms with E-state index in [0.29, 0.717) is 11.0 Å². The van der Waals surface area contributed by atoms with Gasteiger partial charge in [0, 0.05) is 6.20 Å². The SMILES string of the molecule is Br.Cc1cnc(C(=O)CBr)cc1C. The highest BCUT2D eigenvalue weighted by Crippen LogP contribution is 2.07. The monoisotopic (exact) mass is 307 g/mol. The molecule has 0 aromatic carbocycles. The number of Topliss-reactive ketones (excluding diaryl/α,β-unsaturated/α-hetero) is 1. The van der Waals surface area contributed by atoms with Crippen molar-refractivity contribution in [2.45, 2.75) is 13.8 Å². The molecule has 4 heteroatoms. The molecule has 1 heterocycles. The van der Waals surface area contributed by atoms with Gasteiger partial charge in [-0.1, -0.05) is 15.9 Å². The Labute approximate surface area is 96.7 Å². The lowest BCUT2D eigenvalue weighted by atomic mass is 10.1. The minimum absolute atomic E-state index is 0. The van der Waals surface area contributed by atoms with E-state index in [9.17, 15) is 4.79 Å². The molecule has 0 bridgehead atoms. The molecule has 0 unspecified atom stereocenters. The molecule has 0 saturated carbocycles. The average molecular weight is 309 g/mol. The van der Waals surface area contributed by atoms with Gasteiger partial charge in [-0.3, -0.25) is 9.78 Å². The van der Waals surface area contributed by atoms with Gasteiger partial charge in [0.05, 0.1) is 5.33 Å². The van der Waals surface area contributed by atoms with Crippen molar-refractivity contribution in [1.29, 1.82) is 0 Å². The summed E-state index contributed by atoms with van der Waals surface area (Å²) in [4.78, 5) is 15.2. The summed E-state index contributed by atoms with van der Waals surface area (Å²) in [5.74, 6) is 0.0260. The van der Waals surface area contributed by atoms with Crippen molar-refractivity contribution >= 4 is 38.7 Å². The molecule has 0 atom stereocenters. The van der Waals surface area contributed by atoms with Crippen LogP contribution < -0.4 is 0 Å². The lowest BCUT2D eigenvalue weighted by Gasteiger charge is -2.00. The standard InChI is InChI=1S/C9H10BrNO.BrH/c1-6-3-8(9(12)4-10)11-5-7(6)2;/h3,5H,4H2,1-2H3;1H. The van der Waals surface area contributed by atoms with Crippen LogP contribution in [0.2, 0.25) is 0 Å². The van der Waals surface area contributed by atoms with E-state index in [1.54, 1.807) is 6.20 Å². The van der Waals surface area contributed by atoms with Crippen molar-refractivity contribution in [3.8, 4) is 0 Å². The van der Waals surface area contributed by atoms with Gasteiger partial charge in [-0.25, -0.2) is 0 Å². The predicted molar refractivity (Wildman–Crippen MR) is 62.2 cm³/mol. The Hall–Kier alpha value is -0.220. The first-order valence-electron chi connectivity index (χ1n) is 3.67. The number of aryl methyl sites for hydroxylation is 2. The van der Waals surface area contributed by atoms with E-state index in [4.69, 9.17) is 0 Å². The fourth-order valence-corrected chi connectivity index (χ4v) is 1.13. The zero-order valence-electron chi connectivity index (χ0n) is 7.50. The van der Waals surface area contributed by atoms with Crippen molar-refractivity contribution in [2.24, 2.45) is 0 Å². The van der Waals surface area contributed by atoms with E-state index in [-0.39, 0.29) is 22.8 Å². The van der Waals surface area contributed by atoms with Crippen LogP contribution in [0.3, 0.4) is 0 Å². The summed E-state index contributed by atoms with van der Waals surface area (Å²) in [6.45, 7) is 3.95. The molecule has 0 aliphatic carbocycles. The summed E-state index contributed by atoms with van der Waals surface area (Å²) in [7, 11) is 0. The highest BCUT2D eigenvalue weighted by molar-refractivity contribution is 9.09. The van der Waals surface area contributed by atoms with Gasteiger partial charge in [0.2, 0.25) is 0 Å². The first kappa shape index (κ1) is 12.8. The molecule has 1 rings (SSSR count). The lowest BCUT2D eigenvalue weighted by molar-refractivity contribution is 0.101. The van der Waals surface area contributed by atoms with E-state index in [2.05, 4.69) is 20.9 Å². The van der Waals surface area contributed by atoms with Crippen molar-refractivity contribution in [3.05, 3.63) is 29.1 Å². The van der Waals surface area contributed by atoms with Crippen LogP contribution in [0.15, 0.2) is 12.3 Å². The van der Waals surface area contributed by atoms with E-state index in [0.717, 1.165) is 11.1 Å². The number of aromatic nitrogens is 1. The Balaban J connectivity index is 0.00000144. The highest BCUT2D eigenvalue weighted by atomic mass is 79.9. The number of carbonyl (C=O) groups excluding carboxylic acids is 1. The molecular weight excluding hydrogens is 298 g/mol. The molecule has 0 saturated heterocycles. The fourth-order valence-electron chi connectivity index (χ4n) is 0.845. The minimum atomic E-state index is 0. The van der Waals surface area contributed by atoms with Gasteiger partial charge in [-0.05, 0) is 31.0 Å². The number of nitrogens with zero attached hydrogens (tertiary/aromatic N) is 1. The van der Waals surface area contributed by atoms with Crippen LogP contribution in [0.1, 0.15) is 21.6 Å². The summed E-state index contributed by atoms with van der Waals surface area (Å²) in [6, 6.07) is 1.82. The zero-order valence-corrected chi connectivity index (χ0v) is 10.8. The third-order valence-electron chi connectivity index (χ3n) is 1.78. The molecular formula is C9H11Br2NO. The first-order chi connectivity index (χ1) is 5.65. The molecule has 0 aliphatic heterocycles. The van der Waals surface area contributed by atoms with Gasteiger partial charge in [-0.15, -0.1) is 17.0 Å². The Morgan fingerprint density at radius 3 is 2.54 bits per heavy atom. The quantitative estimate of drug-likeness (QED) is 0.621. The molecule has 0 aliphatic rings. The molecule has 72 valence electrons. The van der Waals surface area contributed by atoms with E-state index in [1.807, 2.05) is 19.9 Å². The lowest BCUT2D eigenvalue weighted by Crippen LogP contribution is -2.03. The molecule has 1 aromatic heterocycles. The van der Waals surface area contributed by atoms with E-state index < -0.39 is 0 Å². The second-order valence-corrected chi connectivity index (χ2v) is 3.27. The van der Waals surface area contributed by atoms with Crippen molar-refractivity contribution < 1.29 is 4.79 Å². The molecule has 1 aromatic rings. The van der Waals surface area contributed by atoms with Gasteiger partial charge >= 0.3 is 0 Å². The van der Waals surface area contributed by atoms with E-state index >= 15 is 0 Å². The molecule has 2 nitrogen and oxygen atoms in total. The number of rotatable bonds is 2. The number of alkyl halides is 1. The topological polar surface area (TPSA) is 30.0 Å². The Kier molecular flexibility index (Phi) is 5.40. The van der Waals surface area contributed by atoms with Gasteiger partial charge in [0.15, 0.2) is 5.78 Å². The summed E-state index contributed by atoms with van der Waals surface area (Å²) in [6.07, 6.45) is 1.73. The number of hydrogen-bond donors (Lipinski definition) is 0. The smallest absolute Gasteiger partial charge is 0.191 e. The Morgan fingerprint density at radius 2 is 2.08 bits per heavy atom.